The summed E-state index contributed by atoms with van der Waals surface area (Å²) in [6.07, 6.45) is 10.3. The summed E-state index contributed by atoms with van der Waals surface area (Å²) >= 11 is 0. The number of nitrogens with one attached hydrogen (secondary N) is 1. The fourth-order valence-corrected chi connectivity index (χ4v) is 5.52. The second kappa shape index (κ2) is 17.5. The zero-order chi connectivity index (χ0) is 32.9. The second-order valence-electron chi connectivity index (χ2n) is 12.4. The van der Waals surface area contributed by atoms with Crippen LogP contribution in [0.5, 0.6) is 0 Å². The molecule has 0 aliphatic carbocycles. The molecule has 0 spiro atoms. The Morgan fingerprint density at radius 3 is 2.57 bits per heavy atom. The lowest BCUT2D eigenvalue weighted by Gasteiger charge is -2.32. The normalized spacial score (nSPS) is 14.6. The number of ether oxygens (including phenoxy) is 2. The number of carbonyl (C=O) groups is 1. The number of nitrogens with zero attached hydrogens (tertiary/aromatic N) is 6. The molecule has 0 atom stereocenters. The minimum absolute atomic E-state index is 0.208. The number of hydrogen-bond acceptors (Lipinski definition) is 10. The molecule has 12 heteroatoms. The molecule has 46 heavy (non-hydrogen) atoms. The number of aliphatic hydroxyl groups is 1. The molecular weight excluding hydrogens is 586 g/mol. The lowest BCUT2D eigenvalue weighted by Crippen LogP contribution is -2.39. The number of ketones is 1. The fourth-order valence-electron chi connectivity index (χ4n) is 5.52. The third kappa shape index (κ3) is 10.0. The molecule has 252 valence electrons. The first kappa shape index (κ1) is 35.4. The van der Waals surface area contributed by atoms with E-state index in [4.69, 9.17) is 14.5 Å². The van der Waals surface area contributed by atoms with Gasteiger partial charge in [0.25, 0.3) is 5.56 Å². The van der Waals surface area contributed by atoms with E-state index < -0.39 is 5.60 Å². The van der Waals surface area contributed by atoms with Gasteiger partial charge < -0.3 is 24.8 Å². The topological polar surface area (TPSA) is 137 Å². The van der Waals surface area contributed by atoms with Crippen molar-refractivity contribution in [2.24, 2.45) is 0 Å². The van der Waals surface area contributed by atoms with E-state index in [9.17, 15) is 14.7 Å². The van der Waals surface area contributed by atoms with Crippen LogP contribution in [0.2, 0.25) is 0 Å². The molecule has 0 amide bonds. The summed E-state index contributed by atoms with van der Waals surface area (Å²) < 4.78 is 14.2. The first-order valence-electron chi connectivity index (χ1n) is 16.7. The highest BCUT2D eigenvalue weighted by atomic mass is 16.5. The van der Waals surface area contributed by atoms with Crippen LogP contribution in [0.25, 0.3) is 16.9 Å². The van der Waals surface area contributed by atoms with Crippen LogP contribution >= 0.6 is 0 Å². The lowest BCUT2D eigenvalue weighted by molar-refractivity contribution is -0.120. The van der Waals surface area contributed by atoms with E-state index in [1.807, 2.05) is 0 Å². The average Bonchev–Trinajstić information content (AvgIpc) is 3.31. The van der Waals surface area contributed by atoms with E-state index in [1.165, 1.54) is 4.68 Å². The van der Waals surface area contributed by atoms with Crippen LogP contribution in [-0.2, 0) is 26.4 Å². The molecule has 1 fully saturated rings. The molecule has 0 aromatic carbocycles. The van der Waals surface area contributed by atoms with Crippen LogP contribution in [0.4, 0.5) is 5.95 Å². The van der Waals surface area contributed by atoms with Gasteiger partial charge in [0.2, 0.25) is 5.95 Å². The maximum atomic E-state index is 13.3. The van der Waals surface area contributed by atoms with Crippen molar-refractivity contribution in [1.29, 1.82) is 0 Å². The molecule has 1 aliphatic rings. The van der Waals surface area contributed by atoms with Gasteiger partial charge in [-0.3, -0.25) is 9.59 Å². The van der Waals surface area contributed by atoms with Gasteiger partial charge >= 0.3 is 0 Å². The standard InChI is InChI=1S/C34H51N7O5/c1-5-7-21-45-23-24-46-22-16-27(42)11-8-9-18-39-19-14-26(15-20-39)36-33-35-25-28-31(38-33)41(40(17-6-2)32(28)43)30-13-10-12-29(37-30)34(3,4)44/h6,10,12-13,25-26,44H,2,5,7-9,11,14-24H2,1,3-4H3,(H,35,36,38). The SMILES string of the molecule is C=CCn1c(=O)c2cnc(NC3CCN(CCCCC(=O)CCOCCOCCCC)CC3)nc2n1-c1cccc(C(C)(C)O)n1. The molecule has 3 aromatic heterocycles. The van der Waals surface area contributed by atoms with Crippen molar-refractivity contribution < 1.29 is 19.4 Å². The molecule has 12 nitrogen and oxygen atoms in total. The van der Waals surface area contributed by atoms with E-state index in [2.05, 4.69) is 33.7 Å². The van der Waals surface area contributed by atoms with E-state index >= 15 is 0 Å². The molecule has 0 radical (unpaired) electrons. The Morgan fingerprint density at radius 2 is 1.85 bits per heavy atom. The van der Waals surface area contributed by atoms with Gasteiger partial charge in [0.15, 0.2) is 11.5 Å². The summed E-state index contributed by atoms with van der Waals surface area (Å²) in [5, 5.41) is 14.4. The summed E-state index contributed by atoms with van der Waals surface area (Å²) in [5.41, 5.74) is -0.447. The smallest absolute Gasteiger partial charge is 0.278 e. The maximum Gasteiger partial charge on any atom is 0.278 e. The number of allylic oxidation sites excluding steroid dienone is 1. The summed E-state index contributed by atoms with van der Waals surface area (Å²) in [5.74, 6) is 1.20. The highest BCUT2D eigenvalue weighted by molar-refractivity contribution is 5.78. The minimum atomic E-state index is -1.14. The monoisotopic (exact) mass is 637 g/mol. The van der Waals surface area contributed by atoms with Gasteiger partial charge in [-0.15, -0.1) is 6.58 Å². The molecule has 1 aliphatic heterocycles. The van der Waals surface area contributed by atoms with E-state index in [1.54, 1.807) is 49.0 Å². The highest BCUT2D eigenvalue weighted by Crippen LogP contribution is 2.22. The Morgan fingerprint density at radius 1 is 1.09 bits per heavy atom. The van der Waals surface area contributed by atoms with Crippen molar-refractivity contribution in [2.75, 3.05) is 51.4 Å². The number of carbonyl (C=O) groups excluding carboxylic acids is 1. The zero-order valence-corrected chi connectivity index (χ0v) is 27.7. The van der Waals surface area contributed by atoms with Crippen molar-refractivity contribution in [1.82, 2.24) is 29.2 Å². The number of aromatic nitrogens is 5. The number of Topliss-reactive ketones (excluding diaryl/α,β-unsaturated/α-hetero) is 1. The quantitative estimate of drug-likeness (QED) is 0.137. The molecule has 0 unspecified atom stereocenters. The van der Waals surface area contributed by atoms with E-state index in [0.29, 0.717) is 61.2 Å². The molecular formula is C34H51N7O5. The van der Waals surface area contributed by atoms with Crippen LogP contribution in [0.15, 0.2) is 41.8 Å². The lowest BCUT2D eigenvalue weighted by atomic mass is 10.0. The summed E-state index contributed by atoms with van der Waals surface area (Å²) in [7, 11) is 0. The largest absolute Gasteiger partial charge is 0.384 e. The number of rotatable bonds is 20. The second-order valence-corrected chi connectivity index (χ2v) is 12.4. The van der Waals surface area contributed by atoms with Gasteiger partial charge in [-0.25, -0.2) is 19.3 Å². The van der Waals surface area contributed by atoms with Crippen molar-refractivity contribution in [3.63, 3.8) is 0 Å². The molecule has 1 saturated heterocycles. The van der Waals surface area contributed by atoms with Crippen LogP contribution in [0, 0.1) is 0 Å². The summed E-state index contributed by atoms with van der Waals surface area (Å²) in [4.78, 5) is 41.8. The van der Waals surface area contributed by atoms with Crippen molar-refractivity contribution in [3.05, 3.63) is 53.1 Å². The molecule has 2 N–H and O–H groups in total. The van der Waals surface area contributed by atoms with Gasteiger partial charge in [0, 0.05) is 44.8 Å². The fraction of sp³-hybridized carbons (Fsp3) is 0.618. The van der Waals surface area contributed by atoms with Crippen LogP contribution in [0.1, 0.15) is 77.8 Å². The van der Waals surface area contributed by atoms with Crippen LogP contribution in [0.3, 0.4) is 0 Å². The molecule has 3 aromatic rings. The predicted molar refractivity (Wildman–Crippen MR) is 179 cm³/mol. The Hall–Kier alpha value is -3.45. The Labute approximate surface area is 271 Å². The van der Waals surface area contributed by atoms with Gasteiger partial charge in [-0.1, -0.05) is 25.5 Å². The Balaban J connectivity index is 1.25. The van der Waals surface area contributed by atoms with Gasteiger partial charge in [0.1, 0.15) is 16.8 Å². The zero-order valence-electron chi connectivity index (χ0n) is 27.7. The van der Waals surface area contributed by atoms with Crippen LogP contribution in [-0.4, -0.2) is 92.2 Å². The molecule has 0 bridgehead atoms. The van der Waals surface area contributed by atoms with Gasteiger partial charge in [-0.2, -0.15) is 4.98 Å². The van der Waals surface area contributed by atoms with Crippen molar-refractivity contribution in [3.8, 4) is 5.82 Å². The third-order valence-electron chi connectivity index (χ3n) is 8.20. The number of likely N-dealkylation sites (tertiary alicyclic amines) is 1. The van der Waals surface area contributed by atoms with Crippen molar-refractivity contribution in [2.45, 2.75) is 90.3 Å². The van der Waals surface area contributed by atoms with Crippen LogP contribution < -0.4 is 10.9 Å². The number of unbranched alkanes of at least 4 members (excludes halogenated alkanes) is 2. The third-order valence-corrected chi connectivity index (χ3v) is 8.20. The number of anilines is 1. The average molecular weight is 638 g/mol. The highest BCUT2D eigenvalue weighted by Gasteiger charge is 2.23. The van der Waals surface area contributed by atoms with Crippen molar-refractivity contribution >= 4 is 22.8 Å². The first-order chi connectivity index (χ1) is 22.2. The maximum absolute atomic E-state index is 13.3. The summed E-state index contributed by atoms with van der Waals surface area (Å²) in [6.45, 7) is 14.8. The first-order valence-corrected chi connectivity index (χ1v) is 16.7. The Bertz CT molecular complexity index is 1470. The summed E-state index contributed by atoms with van der Waals surface area (Å²) in [6, 6.07) is 5.55. The van der Waals surface area contributed by atoms with Gasteiger partial charge in [0.05, 0.1) is 32.1 Å². The number of hydrogen-bond donors (Lipinski definition) is 2. The van der Waals surface area contributed by atoms with E-state index in [-0.39, 0.29) is 23.9 Å². The predicted octanol–water partition coefficient (Wildman–Crippen LogP) is 4.23. The Kier molecular flexibility index (Phi) is 13.4. The molecule has 4 rings (SSSR count). The molecule has 0 saturated carbocycles. The number of piperidine rings is 1. The number of fused-ring (bicyclic) bond motifs is 1. The van der Waals surface area contributed by atoms with E-state index in [0.717, 1.165) is 64.8 Å². The minimum Gasteiger partial charge on any atom is -0.384 e. The van der Waals surface area contributed by atoms with Gasteiger partial charge in [-0.05, 0) is 64.6 Å². The number of pyridine rings is 1. The molecule has 4 heterocycles.